The third-order valence-corrected chi connectivity index (χ3v) is 3.47. The first-order valence-electron chi connectivity index (χ1n) is 5.21. The lowest BCUT2D eigenvalue weighted by Crippen LogP contribution is -2.27. The maximum absolute atomic E-state index is 11.0. The quantitative estimate of drug-likeness (QED) is 0.589. The van der Waals surface area contributed by atoms with Crippen LogP contribution in [0.2, 0.25) is 0 Å². The molecule has 0 saturated heterocycles. The van der Waals surface area contributed by atoms with Crippen LogP contribution in [-0.2, 0) is 4.79 Å². The third-order valence-electron chi connectivity index (χ3n) is 3.47. The first-order chi connectivity index (χ1) is 5.75. The van der Waals surface area contributed by atoms with Gasteiger partial charge in [-0.3, -0.25) is 0 Å². The molecule has 1 atom stereocenters. The Morgan fingerprint density at radius 2 is 2.00 bits per heavy atom. The van der Waals surface area contributed by atoms with E-state index in [9.17, 15) is 4.79 Å². The maximum Gasteiger partial charge on any atom is 0.126 e. The largest absolute Gasteiger partial charge is 0.303 e. The van der Waals surface area contributed by atoms with Gasteiger partial charge in [0.25, 0.3) is 0 Å². The Bertz CT molecular complexity index is 145. The highest BCUT2D eigenvalue weighted by Gasteiger charge is 2.37. The molecule has 0 aliphatic heterocycles. The molecule has 1 nitrogen and oxygen atoms in total. The Labute approximate surface area is 75.5 Å². The average Bonchev–Trinajstić information content (AvgIpc) is 2.54. The van der Waals surface area contributed by atoms with Crippen molar-refractivity contribution in [2.45, 2.75) is 52.4 Å². The van der Waals surface area contributed by atoms with E-state index >= 15 is 0 Å². The Balaban J connectivity index is 2.58. The summed E-state index contributed by atoms with van der Waals surface area (Å²) >= 11 is 0. The zero-order valence-electron chi connectivity index (χ0n) is 8.31. The number of carbonyl (C=O) groups excluding carboxylic acids is 1. The molecule has 1 fully saturated rings. The fourth-order valence-corrected chi connectivity index (χ4v) is 2.48. The standard InChI is InChI=1S/C11H20O/c1-3-6-10(2)11(9-12)7-4-5-8-11/h9-10H,3-8H2,1-2H3. The summed E-state index contributed by atoms with van der Waals surface area (Å²) in [6, 6.07) is 0. The summed E-state index contributed by atoms with van der Waals surface area (Å²) in [5.74, 6) is 0.600. The van der Waals surface area contributed by atoms with Gasteiger partial charge < -0.3 is 4.79 Å². The smallest absolute Gasteiger partial charge is 0.126 e. The van der Waals surface area contributed by atoms with Crippen molar-refractivity contribution in [2.75, 3.05) is 0 Å². The van der Waals surface area contributed by atoms with E-state index in [0.29, 0.717) is 5.92 Å². The molecule has 0 aromatic heterocycles. The Morgan fingerprint density at radius 3 is 2.42 bits per heavy atom. The minimum atomic E-state index is 0.0655. The molecule has 1 rings (SSSR count). The molecule has 0 aromatic carbocycles. The van der Waals surface area contributed by atoms with E-state index in [0.717, 1.165) is 12.8 Å². The van der Waals surface area contributed by atoms with Gasteiger partial charge in [-0.05, 0) is 18.8 Å². The van der Waals surface area contributed by atoms with Gasteiger partial charge in [-0.2, -0.15) is 0 Å². The second-order valence-electron chi connectivity index (χ2n) is 4.25. The molecular formula is C11H20O. The summed E-state index contributed by atoms with van der Waals surface area (Å²) in [7, 11) is 0. The van der Waals surface area contributed by atoms with Gasteiger partial charge in [-0.25, -0.2) is 0 Å². The van der Waals surface area contributed by atoms with E-state index in [2.05, 4.69) is 13.8 Å². The van der Waals surface area contributed by atoms with Gasteiger partial charge in [0.2, 0.25) is 0 Å². The molecular weight excluding hydrogens is 148 g/mol. The van der Waals surface area contributed by atoms with Crippen LogP contribution in [0.1, 0.15) is 52.4 Å². The van der Waals surface area contributed by atoms with Crippen LogP contribution in [0.3, 0.4) is 0 Å². The Morgan fingerprint density at radius 1 is 1.42 bits per heavy atom. The maximum atomic E-state index is 11.0. The minimum Gasteiger partial charge on any atom is -0.303 e. The van der Waals surface area contributed by atoms with Crippen molar-refractivity contribution in [1.82, 2.24) is 0 Å². The predicted octanol–water partition coefficient (Wildman–Crippen LogP) is 3.18. The van der Waals surface area contributed by atoms with Crippen molar-refractivity contribution >= 4 is 6.29 Å². The number of carbonyl (C=O) groups is 1. The van der Waals surface area contributed by atoms with Gasteiger partial charge in [0.15, 0.2) is 0 Å². The first kappa shape index (κ1) is 9.76. The topological polar surface area (TPSA) is 17.1 Å². The molecule has 12 heavy (non-hydrogen) atoms. The van der Waals surface area contributed by atoms with Crippen LogP contribution in [0.25, 0.3) is 0 Å². The lowest BCUT2D eigenvalue weighted by Gasteiger charge is -2.29. The molecule has 0 spiro atoms. The minimum absolute atomic E-state index is 0.0655. The molecule has 0 aromatic rings. The Hall–Kier alpha value is -0.330. The lowest BCUT2D eigenvalue weighted by molar-refractivity contribution is -0.118. The molecule has 70 valence electrons. The second kappa shape index (κ2) is 4.06. The highest BCUT2D eigenvalue weighted by molar-refractivity contribution is 5.60. The van der Waals surface area contributed by atoms with Crippen LogP contribution in [0.5, 0.6) is 0 Å². The van der Waals surface area contributed by atoms with Gasteiger partial charge in [0, 0.05) is 5.41 Å². The molecule has 1 aliphatic carbocycles. The molecule has 1 heteroatoms. The van der Waals surface area contributed by atoms with Gasteiger partial charge in [-0.1, -0.05) is 39.5 Å². The van der Waals surface area contributed by atoms with Crippen molar-refractivity contribution in [3.05, 3.63) is 0 Å². The van der Waals surface area contributed by atoms with Crippen molar-refractivity contribution in [3.63, 3.8) is 0 Å². The molecule has 0 N–H and O–H groups in total. The summed E-state index contributed by atoms with van der Waals surface area (Å²) in [4.78, 5) is 11.0. The van der Waals surface area contributed by atoms with Crippen molar-refractivity contribution in [3.8, 4) is 0 Å². The van der Waals surface area contributed by atoms with Gasteiger partial charge >= 0.3 is 0 Å². The molecule has 1 aliphatic rings. The predicted molar refractivity (Wildman–Crippen MR) is 51.0 cm³/mol. The number of rotatable bonds is 4. The molecule has 0 amide bonds. The van der Waals surface area contributed by atoms with E-state index in [1.165, 1.54) is 32.0 Å². The van der Waals surface area contributed by atoms with E-state index in [1.807, 2.05) is 0 Å². The normalized spacial score (nSPS) is 23.8. The number of hydrogen-bond acceptors (Lipinski definition) is 1. The fraction of sp³-hybridized carbons (Fsp3) is 0.909. The van der Waals surface area contributed by atoms with Crippen LogP contribution < -0.4 is 0 Å². The van der Waals surface area contributed by atoms with E-state index in [4.69, 9.17) is 0 Å². The molecule has 1 saturated carbocycles. The van der Waals surface area contributed by atoms with Crippen LogP contribution in [0.15, 0.2) is 0 Å². The monoisotopic (exact) mass is 168 g/mol. The van der Waals surface area contributed by atoms with Crippen molar-refractivity contribution in [2.24, 2.45) is 11.3 Å². The molecule has 1 unspecified atom stereocenters. The summed E-state index contributed by atoms with van der Waals surface area (Å²) in [6.45, 7) is 4.44. The van der Waals surface area contributed by atoms with Crippen LogP contribution >= 0.6 is 0 Å². The second-order valence-corrected chi connectivity index (χ2v) is 4.25. The summed E-state index contributed by atoms with van der Waals surface area (Å²) in [6.07, 6.45) is 8.44. The van der Waals surface area contributed by atoms with E-state index < -0.39 is 0 Å². The van der Waals surface area contributed by atoms with Crippen LogP contribution in [-0.4, -0.2) is 6.29 Å². The van der Waals surface area contributed by atoms with Crippen LogP contribution in [0.4, 0.5) is 0 Å². The number of hydrogen-bond donors (Lipinski definition) is 0. The van der Waals surface area contributed by atoms with Gasteiger partial charge in [-0.15, -0.1) is 0 Å². The zero-order chi connectivity index (χ0) is 9.03. The van der Waals surface area contributed by atoms with Gasteiger partial charge in [0.05, 0.1) is 0 Å². The molecule has 0 heterocycles. The highest BCUT2D eigenvalue weighted by Crippen LogP contribution is 2.44. The summed E-state index contributed by atoms with van der Waals surface area (Å²) in [5, 5.41) is 0. The zero-order valence-corrected chi connectivity index (χ0v) is 8.31. The average molecular weight is 168 g/mol. The first-order valence-corrected chi connectivity index (χ1v) is 5.21. The molecule has 0 radical (unpaired) electrons. The number of aldehydes is 1. The summed E-state index contributed by atoms with van der Waals surface area (Å²) < 4.78 is 0. The highest BCUT2D eigenvalue weighted by atomic mass is 16.1. The Kier molecular flexibility index (Phi) is 3.30. The van der Waals surface area contributed by atoms with E-state index in [1.54, 1.807) is 0 Å². The van der Waals surface area contributed by atoms with E-state index in [-0.39, 0.29) is 5.41 Å². The van der Waals surface area contributed by atoms with Crippen molar-refractivity contribution < 1.29 is 4.79 Å². The van der Waals surface area contributed by atoms with Crippen molar-refractivity contribution in [1.29, 1.82) is 0 Å². The van der Waals surface area contributed by atoms with Gasteiger partial charge in [0.1, 0.15) is 6.29 Å². The third kappa shape index (κ3) is 1.70. The summed E-state index contributed by atoms with van der Waals surface area (Å²) in [5.41, 5.74) is 0.0655. The SMILES string of the molecule is CCCC(C)C1(C=O)CCCC1. The molecule has 0 bridgehead atoms. The van der Waals surface area contributed by atoms with Crippen LogP contribution in [0, 0.1) is 11.3 Å². The lowest BCUT2D eigenvalue weighted by atomic mass is 9.74. The fourth-order valence-electron chi connectivity index (χ4n) is 2.48.